The number of furan rings is 1. The summed E-state index contributed by atoms with van der Waals surface area (Å²) < 4.78 is 7.11. The van der Waals surface area contributed by atoms with Crippen molar-refractivity contribution in [1.82, 2.24) is 0 Å². The van der Waals surface area contributed by atoms with E-state index >= 15 is 0 Å². The first-order chi connectivity index (χ1) is 37.0. The third kappa shape index (κ3) is 6.97. The van der Waals surface area contributed by atoms with Crippen LogP contribution in [0.1, 0.15) is 128 Å². The molecule has 0 N–H and O–H groups in total. The molecule has 1 saturated carbocycles. The standard InChI is InChI=1S/C72H70BN3O/c1-46-40-63-66-64(41-46)76(71(9)38-21-27-54-53-26-17-18-28-65(53)77-67(54)71)61-36-31-51(69(5,6)7)44-58(61)73(66)57-33-32-52(45-62(57)74(63)59-35-30-50(68(2,3)4)43-55(59)48-24-15-12-16-25-48)75-60-34-29-49(47-22-13-11-14-23-47)42-56(60)70(8)37-19-20-39-72(70,75)10/h11-18,21-36,40-45H,19-20,37-39H2,1-10H3. The second-order valence-corrected chi connectivity index (χ2v) is 25.9. The molecular formula is C72H70BN3O. The minimum atomic E-state index is -0.544. The third-order valence-electron chi connectivity index (χ3n) is 19.1. The zero-order valence-electron chi connectivity index (χ0n) is 46.7. The second kappa shape index (κ2) is 16.8. The van der Waals surface area contributed by atoms with Gasteiger partial charge in [0.1, 0.15) is 16.9 Å². The van der Waals surface area contributed by atoms with Gasteiger partial charge < -0.3 is 19.1 Å². The molecule has 1 fully saturated rings. The number of rotatable bonds is 5. The highest BCUT2D eigenvalue weighted by Crippen LogP contribution is 2.62. The van der Waals surface area contributed by atoms with E-state index in [4.69, 9.17) is 4.42 Å². The van der Waals surface area contributed by atoms with Crippen LogP contribution in [-0.2, 0) is 21.8 Å². The Labute approximate surface area is 457 Å². The van der Waals surface area contributed by atoms with Gasteiger partial charge in [0.15, 0.2) is 0 Å². The van der Waals surface area contributed by atoms with E-state index in [1.165, 1.54) is 119 Å². The van der Waals surface area contributed by atoms with Crippen LogP contribution >= 0.6 is 0 Å². The smallest absolute Gasteiger partial charge is 0.252 e. The molecule has 0 saturated heterocycles. The van der Waals surface area contributed by atoms with Crippen molar-refractivity contribution in [1.29, 1.82) is 0 Å². The van der Waals surface area contributed by atoms with Gasteiger partial charge in [0.25, 0.3) is 6.71 Å². The Bertz CT molecular complexity index is 3910. The molecule has 0 amide bonds. The second-order valence-electron chi connectivity index (χ2n) is 25.9. The fourth-order valence-electron chi connectivity index (χ4n) is 14.8. The van der Waals surface area contributed by atoms with Gasteiger partial charge in [-0.25, -0.2) is 0 Å². The van der Waals surface area contributed by atoms with Crippen molar-refractivity contribution < 1.29 is 4.42 Å². The maximum Gasteiger partial charge on any atom is 0.252 e. The summed E-state index contributed by atoms with van der Waals surface area (Å²) >= 11 is 0. The molecule has 3 atom stereocenters. The van der Waals surface area contributed by atoms with Crippen molar-refractivity contribution in [2.75, 3.05) is 14.7 Å². The first kappa shape index (κ1) is 47.9. The highest BCUT2D eigenvalue weighted by atomic mass is 16.3. The highest BCUT2D eigenvalue weighted by molar-refractivity contribution is 7.00. The molecule has 4 nitrogen and oxygen atoms in total. The molecule has 5 heteroatoms. The summed E-state index contributed by atoms with van der Waals surface area (Å²) in [5, 5.41) is 1.16. The van der Waals surface area contributed by atoms with Crippen LogP contribution < -0.4 is 31.1 Å². The average Bonchev–Trinajstić information content (AvgIpc) is 4.17. The number of para-hydroxylation sites is 1. The summed E-state index contributed by atoms with van der Waals surface area (Å²) in [7, 11) is 0. The molecule has 0 spiro atoms. The van der Waals surface area contributed by atoms with Gasteiger partial charge in [0.05, 0.1) is 11.2 Å². The molecule has 4 heterocycles. The van der Waals surface area contributed by atoms with Crippen molar-refractivity contribution in [3.05, 3.63) is 210 Å². The predicted molar refractivity (Wildman–Crippen MR) is 327 cm³/mol. The lowest BCUT2D eigenvalue weighted by molar-refractivity contribution is 0.195. The Kier molecular flexibility index (Phi) is 10.4. The molecule has 14 rings (SSSR count). The van der Waals surface area contributed by atoms with Crippen molar-refractivity contribution in [2.45, 2.75) is 129 Å². The lowest BCUT2D eigenvalue weighted by Gasteiger charge is -2.51. The minimum Gasteiger partial charge on any atom is -0.458 e. The van der Waals surface area contributed by atoms with Gasteiger partial charge in [0.2, 0.25) is 0 Å². The van der Waals surface area contributed by atoms with Crippen LogP contribution in [0.2, 0.25) is 0 Å². The fraction of sp³-hybridized carbons (Fsp3) is 0.278. The Morgan fingerprint density at radius 3 is 1.95 bits per heavy atom. The van der Waals surface area contributed by atoms with E-state index in [9.17, 15) is 0 Å². The van der Waals surface area contributed by atoms with E-state index in [-0.39, 0.29) is 28.5 Å². The maximum atomic E-state index is 7.11. The van der Waals surface area contributed by atoms with Gasteiger partial charge in [-0.1, -0.05) is 183 Å². The van der Waals surface area contributed by atoms with Crippen LogP contribution in [0.3, 0.4) is 0 Å². The van der Waals surface area contributed by atoms with Crippen molar-refractivity contribution in [3.8, 4) is 22.3 Å². The predicted octanol–water partition coefficient (Wildman–Crippen LogP) is 17.5. The first-order valence-electron chi connectivity index (χ1n) is 28.4. The SMILES string of the molecule is Cc1cc2c3c(c1)N(C1(C)CC=Cc4c1oc1ccccc41)c1ccc(C(C)(C)C)cc1B3c1ccc(N3c4ccc(-c5ccccc5)cc4C4(C)CCCCC34C)cc1N2c1ccc(C(C)(C)C)cc1-c1ccccc1. The Morgan fingerprint density at radius 1 is 0.532 bits per heavy atom. The lowest BCUT2D eigenvalue weighted by Crippen LogP contribution is -2.64. The van der Waals surface area contributed by atoms with E-state index in [2.05, 4.69) is 266 Å². The summed E-state index contributed by atoms with van der Waals surface area (Å²) in [5.74, 6) is 1.02. The van der Waals surface area contributed by atoms with Crippen molar-refractivity contribution in [3.63, 3.8) is 0 Å². The molecule has 2 aliphatic carbocycles. The summed E-state index contributed by atoms with van der Waals surface area (Å²) in [6.45, 7) is 23.9. The largest absolute Gasteiger partial charge is 0.458 e. The molecule has 5 aliphatic rings. The fourth-order valence-corrected chi connectivity index (χ4v) is 14.8. The van der Waals surface area contributed by atoms with E-state index in [1.54, 1.807) is 0 Å². The zero-order valence-corrected chi connectivity index (χ0v) is 46.7. The quantitative estimate of drug-likeness (QED) is 0.160. The summed E-state index contributed by atoms with van der Waals surface area (Å²) in [6.07, 6.45) is 10.2. The van der Waals surface area contributed by atoms with E-state index in [0.717, 1.165) is 36.0 Å². The van der Waals surface area contributed by atoms with Crippen LogP contribution in [0, 0.1) is 6.92 Å². The number of fused-ring (bicyclic) bond motifs is 10. The molecule has 0 bridgehead atoms. The Morgan fingerprint density at radius 2 is 1.19 bits per heavy atom. The summed E-state index contributed by atoms with van der Waals surface area (Å²) in [4.78, 5) is 8.15. The van der Waals surface area contributed by atoms with Crippen molar-refractivity contribution in [2.24, 2.45) is 0 Å². The monoisotopic (exact) mass is 1000 g/mol. The van der Waals surface area contributed by atoms with Crippen LogP contribution in [0.15, 0.2) is 180 Å². The van der Waals surface area contributed by atoms with Gasteiger partial charge in [-0.05, 0) is 167 Å². The molecule has 3 unspecified atom stereocenters. The summed E-state index contributed by atoms with van der Waals surface area (Å²) in [5.41, 5.74) is 24.4. The first-order valence-corrected chi connectivity index (χ1v) is 28.4. The third-order valence-corrected chi connectivity index (χ3v) is 19.1. The Hall–Kier alpha value is -7.50. The summed E-state index contributed by atoms with van der Waals surface area (Å²) in [6, 6.07) is 65.3. The van der Waals surface area contributed by atoms with Gasteiger partial charge in [-0.3, -0.25) is 0 Å². The highest BCUT2D eigenvalue weighted by Gasteiger charge is 2.58. The topological polar surface area (TPSA) is 22.9 Å². The molecule has 8 aromatic carbocycles. The van der Waals surface area contributed by atoms with Gasteiger partial charge in [-0.2, -0.15) is 0 Å². The average molecular weight is 1000 g/mol. The molecular weight excluding hydrogens is 934 g/mol. The number of nitrogens with zero attached hydrogens (tertiary/aromatic N) is 3. The van der Waals surface area contributed by atoms with Crippen LogP contribution in [0.5, 0.6) is 0 Å². The molecule has 9 aromatic rings. The van der Waals surface area contributed by atoms with Crippen LogP contribution in [-0.4, -0.2) is 12.3 Å². The number of benzene rings is 8. The van der Waals surface area contributed by atoms with Gasteiger partial charge >= 0.3 is 0 Å². The van der Waals surface area contributed by atoms with Crippen molar-refractivity contribution >= 4 is 80.0 Å². The minimum absolute atomic E-state index is 0.0396. The molecule has 1 aromatic heterocycles. The van der Waals surface area contributed by atoms with Crippen LogP contribution in [0.4, 0.5) is 39.8 Å². The zero-order chi connectivity index (χ0) is 53.0. The van der Waals surface area contributed by atoms with E-state index in [0.29, 0.717) is 0 Å². The van der Waals surface area contributed by atoms with E-state index < -0.39 is 5.54 Å². The van der Waals surface area contributed by atoms with Gasteiger partial charge in [0, 0.05) is 56.1 Å². The number of anilines is 7. The number of hydrogen-bond donors (Lipinski definition) is 0. The molecule has 77 heavy (non-hydrogen) atoms. The van der Waals surface area contributed by atoms with Gasteiger partial charge in [-0.15, -0.1) is 0 Å². The lowest BCUT2D eigenvalue weighted by atomic mass is 9.33. The molecule has 0 radical (unpaired) electrons. The number of aryl methyl sites for hydroxylation is 1. The number of hydrogen-bond acceptors (Lipinski definition) is 4. The Balaban J connectivity index is 1.06. The van der Waals surface area contributed by atoms with E-state index in [1.807, 2.05) is 0 Å². The normalized spacial score (nSPS) is 21.1. The molecule has 382 valence electrons. The molecule has 3 aliphatic heterocycles. The maximum absolute atomic E-state index is 7.11. The van der Waals surface area contributed by atoms with Crippen LogP contribution in [0.25, 0.3) is 39.3 Å².